The van der Waals surface area contributed by atoms with Crippen molar-refractivity contribution < 1.29 is 61.9 Å². The van der Waals surface area contributed by atoms with Crippen LogP contribution in [0.25, 0.3) is 22.1 Å². The Hall–Kier alpha value is -5.95. The lowest BCUT2D eigenvalue weighted by atomic mass is 10.3. The zero-order valence-corrected chi connectivity index (χ0v) is 29.1. The first kappa shape index (κ1) is 36.8. The summed E-state index contributed by atoms with van der Waals surface area (Å²) >= 11 is 3.24. The van der Waals surface area contributed by atoms with Crippen molar-refractivity contribution in [3.8, 4) is 35.1 Å². The summed E-state index contributed by atoms with van der Waals surface area (Å²) in [5, 5.41) is 25.1. The van der Waals surface area contributed by atoms with Gasteiger partial charge in [-0.25, -0.2) is 26.6 Å². The second kappa shape index (κ2) is 13.2. The highest BCUT2D eigenvalue weighted by Crippen LogP contribution is 2.44. The maximum absolute atomic E-state index is 13.2. The van der Waals surface area contributed by atoms with Gasteiger partial charge in [-0.2, -0.15) is 14.3 Å². The van der Waals surface area contributed by atoms with E-state index in [1.165, 1.54) is 26.0 Å². The van der Waals surface area contributed by atoms with Gasteiger partial charge >= 0.3 is 12.6 Å². The smallest absolute Gasteiger partial charge is 0.395 e. The van der Waals surface area contributed by atoms with Gasteiger partial charge in [0.2, 0.25) is 22.7 Å². The summed E-state index contributed by atoms with van der Waals surface area (Å²) in [4.78, 5) is 10.6. The zero-order chi connectivity index (χ0) is 38.6. The van der Waals surface area contributed by atoms with Crippen molar-refractivity contribution in [3.63, 3.8) is 0 Å². The predicted molar refractivity (Wildman–Crippen MR) is 166 cm³/mol. The van der Waals surface area contributed by atoms with Crippen molar-refractivity contribution >= 4 is 55.0 Å². The van der Waals surface area contributed by atoms with Crippen molar-refractivity contribution in [2.75, 3.05) is 0 Å². The predicted octanol–water partition coefficient (Wildman–Crippen LogP) is 5.31. The maximum Gasteiger partial charge on any atom is 0.586 e. The van der Waals surface area contributed by atoms with Crippen LogP contribution in [0.5, 0.6) is 23.0 Å². The third kappa shape index (κ3) is 6.87. The van der Waals surface area contributed by atoms with E-state index in [4.69, 9.17) is 26.2 Å². The number of halogens is 5. The normalized spacial score (nSPS) is 15.2. The summed E-state index contributed by atoms with van der Waals surface area (Å²) in [5.74, 6) is -0.740. The molecule has 6 aromatic rings. The van der Waals surface area contributed by atoms with Crippen LogP contribution < -0.4 is 18.9 Å². The SMILES string of the molecule is Cc1noc(C)c1S(=O)(=O)n1c(C#N)nc2cc3c(cc21)OC(F)(F)O3.Cc1noc(C)c1S(=O)OCl.N#Cc1nc2cc3c(cc2[nH]1)OC(F)(F)O3. The summed E-state index contributed by atoms with van der Waals surface area (Å²) in [6.45, 7) is 6.12. The Morgan fingerprint density at radius 2 is 1.38 bits per heavy atom. The van der Waals surface area contributed by atoms with Crippen molar-refractivity contribution in [3.05, 3.63) is 58.8 Å². The lowest BCUT2D eigenvalue weighted by Crippen LogP contribution is -2.26. The Bertz CT molecular complexity index is 2580. The molecule has 0 radical (unpaired) electrons. The van der Waals surface area contributed by atoms with Crippen LogP contribution in [-0.2, 0) is 24.8 Å². The molecule has 25 heteroatoms. The summed E-state index contributed by atoms with van der Waals surface area (Å²) in [6.07, 6.45) is -7.51. The second-order valence-corrected chi connectivity index (χ2v) is 13.7. The van der Waals surface area contributed by atoms with Gasteiger partial charge in [-0.05, 0) is 27.7 Å². The van der Waals surface area contributed by atoms with E-state index in [1.807, 2.05) is 6.07 Å². The number of fused-ring (bicyclic) bond motifs is 4. The van der Waals surface area contributed by atoms with E-state index in [2.05, 4.69) is 47.9 Å². The van der Waals surface area contributed by atoms with E-state index in [0.717, 1.165) is 12.1 Å². The van der Waals surface area contributed by atoms with Crippen LogP contribution in [0.15, 0.2) is 43.1 Å². The van der Waals surface area contributed by atoms with Crippen LogP contribution in [0.2, 0.25) is 0 Å². The molecule has 0 saturated heterocycles. The fourth-order valence-corrected chi connectivity index (χ4v) is 7.51. The average Bonchev–Trinajstić information content (AvgIpc) is 3.91. The fourth-order valence-electron chi connectivity index (χ4n) is 5.00. The van der Waals surface area contributed by atoms with Crippen molar-refractivity contribution in [2.24, 2.45) is 0 Å². The number of nitrogens with zero attached hydrogens (tertiary/aromatic N) is 7. The minimum atomic E-state index is -4.34. The van der Waals surface area contributed by atoms with Gasteiger partial charge in [-0.15, -0.1) is 17.6 Å². The molecule has 2 aliphatic rings. The molecule has 0 spiro atoms. The number of hydrogen-bond donors (Lipinski definition) is 1. The highest BCUT2D eigenvalue weighted by Gasteiger charge is 2.45. The number of nitriles is 2. The highest BCUT2D eigenvalue weighted by molar-refractivity contribution is 7.90. The van der Waals surface area contributed by atoms with Crippen LogP contribution >= 0.6 is 11.9 Å². The molecule has 6 heterocycles. The van der Waals surface area contributed by atoms with Crippen LogP contribution in [0.3, 0.4) is 0 Å². The fraction of sp³-hybridized carbons (Fsp3) is 0.214. The summed E-state index contributed by atoms with van der Waals surface area (Å²) < 4.78 is 121. The molecule has 1 unspecified atom stereocenters. The molecule has 276 valence electrons. The minimum absolute atomic E-state index is 0.0144. The topological polar surface area (TPSA) is 243 Å². The number of ether oxygens (including phenoxy) is 4. The van der Waals surface area contributed by atoms with Crippen molar-refractivity contribution in [1.82, 2.24) is 29.2 Å². The number of imidazole rings is 2. The molecule has 0 amide bonds. The number of nitrogens with one attached hydrogen (secondary N) is 1. The van der Waals surface area contributed by atoms with Gasteiger partial charge in [0.05, 0.1) is 39.6 Å². The first-order valence-corrected chi connectivity index (χ1v) is 16.9. The quantitative estimate of drug-likeness (QED) is 0.222. The van der Waals surface area contributed by atoms with Crippen molar-refractivity contribution in [1.29, 1.82) is 10.5 Å². The van der Waals surface area contributed by atoms with Crippen molar-refractivity contribution in [2.45, 2.75) is 50.1 Å². The minimum Gasteiger partial charge on any atom is -0.395 e. The molecular weight excluding hydrogens is 784 g/mol. The van der Waals surface area contributed by atoms with E-state index in [-0.39, 0.29) is 56.2 Å². The largest absolute Gasteiger partial charge is 0.586 e. The van der Waals surface area contributed by atoms with Crippen LogP contribution in [0.4, 0.5) is 17.6 Å². The number of aromatic nitrogens is 6. The number of H-pyrrole nitrogens is 1. The average molecular weight is 801 g/mol. The maximum atomic E-state index is 13.2. The van der Waals surface area contributed by atoms with E-state index in [0.29, 0.717) is 31.4 Å². The van der Waals surface area contributed by atoms with Gasteiger partial charge in [-0.1, -0.05) is 10.3 Å². The lowest BCUT2D eigenvalue weighted by molar-refractivity contribution is -0.287. The number of rotatable bonds is 4. The Morgan fingerprint density at radius 3 is 1.89 bits per heavy atom. The molecule has 0 aliphatic carbocycles. The zero-order valence-electron chi connectivity index (χ0n) is 26.7. The summed E-state index contributed by atoms with van der Waals surface area (Å²) in [6, 6.07) is 8.20. The lowest BCUT2D eigenvalue weighted by Gasteiger charge is -2.07. The molecular formula is C28H17ClF4N8O10S2. The van der Waals surface area contributed by atoms with E-state index in [1.54, 1.807) is 19.9 Å². The van der Waals surface area contributed by atoms with Gasteiger partial charge < -0.3 is 33.0 Å². The summed E-state index contributed by atoms with van der Waals surface area (Å²) in [7, 11) is -4.34. The number of aryl methyl sites for hydroxylation is 4. The van der Waals surface area contributed by atoms with E-state index >= 15 is 0 Å². The Kier molecular flexibility index (Phi) is 9.19. The number of benzene rings is 2. The van der Waals surface area contributed by atoms with E-state index in [9.17, 15) is 35.5 Å². The van der Waals surface area contributed by atoms with Gasteiger partial charge in [0.1, 0.15) is 22.7 Å². The Labute approximate surface area is 300 Å². The molecule has 18 nitrogen and oxygen atoms in total. The van der Waals surface area contributed by atoms with E-state index < -0.39 is 39.5 Å². The molecule has 1 atom stereocenters. The number of hydrogen-bond acceptors (Lipinski definition) is 16. The molecule has 8 rings (SSSR count). The van der Waals surface area contributed by atoms with Crippen LogP contribution in [0.1, 0.15) is 34.6 Å². The molecule has 2 aliphatic heterocycles. The van der Waals surface area contributed by atoms with Gasteiger partial charge in [0, 0.05) is 24.3 Å². The van der Waals surface area contributed by atoms with Gasteiger partial charge in [0.25, 0.3) is 10.0 Å². The molecule has 0 fully saturated rings. The third-order valence-corrected chi connectivity index (χ3v) is 10.3. The molecule has 2 aromatic carbocycles. The Morgan fingerprint density at radius 1 is 0.830 bits per heavy atom. The molecule has 53 heavy (non-hydrogen) atoms. The summed E-state index contributed by atoms with van der Waals surface area (Å²) in [5.41, 5.74) is 1.27. The number of alkyl halides is 4. The molecule has 1 N–H and O–H groups in total. The van der Waals surface area contributed by atoms with Gasteiger partial charge in [-0.3, -0.25) is 0 Å². The first-order chi connectivity index (χ1) is 24.9. The standard InChI is InChI=1S/C14H8F2N4O5S.C9H3F2N3O2.C5H6ClNO3S/c1-6-13(7(2)25-19-6)26(21,22)20-9-4-11-10(23-14(15,16)24-11)3-8(9)18-12(20)5-17;10-9(11)15-6-1-4-5(2-7(6)16-9)14-8(3-12)13-4;1-3-5(11(8)10-6)4(2)9-7-3/h3-4H,1-2H3;1-2H,(H,13,14);1-2H3. The molecule has 0 bridgehead atoms. The highest BCUT2D eigenvalue weighted by atomic mass is 35.5. The Balaban J connectivity index is 0.000000151. The monoisotopic (exact) mass is 800 g/mol. The third-order valence-electron chi connectivity index (χ3n) is 7.00. The molecule has 4 aromatic heterocycles. The van der Waals surface area contributed by atoms with Crippen LogP contribution in [-0.4, -0.2) is 54.5 Å². The van der Waals surface area contributed by atoms with Gasteiger partial charge in [0.15, 0.2) is 39.4 Å². The number of aromatic amines is 1. The second-order valence-electron chi connectivity index (χ2n) is 10.6. The first-order valence-electron chi connectivity index (χ1n) is 14.1. The molecule has 0 saturated carbocycles. The van der Waals surface area contributed by atoms with Crippen LogP contribution in [0, 0.1) is 50.4 Å².